The topological polar surface area (TPSA) is 99.0 Å². The summed E-state index contributed by atoms with van der Waals surface area (Å²) >= 11 is 0. The molecule has 0 aromatic carbocycles. The van der Waals surface area contributed by atoms with Gasteiger partial charge in [-0.15, -0.1) is 5.10 Å². The molecular formula is C15H20N6O2. The van der Waals surface area contributed by atoms with Gasteiger partial charge in [-0.2, -0.15) is 0 Å². The highest BCUT2D eigenvalue weighted by Crippen LogP contribution is 2.31. The Labute approximate surface area is 133 Å². The zero-order valence-electron chi connectivity index (χ0n) is 13.1. The standard InChI is InChI=1S/C15H20N6O2/c1-19-7-4-6-12(19)13-5-2-3-8-21(13)15(23)11-9-20(18-17-11)10-14(16)22/h4,6-7,9,13H,2-3,5,8,10H2,1H3,(H2,16,22). The number of nitrogens with zero attached hydrogens (tertiary/aromatic N) is 5. The molecule has 0 aliphatic carbocycles. The summed E-state index contributed by atoms with van der Waals surface area (Å²) in [6.45, 7) is 0.610. The number of likely N-dealkylation sites (tertiary alicyclic amines) is 1. The lowest BCUT2D eigenvalue weighted by atomic mass is 9.99. The third-order valence-corrected chi connectivity index (χ3v) is 4.16. The number of hydrogen-bond acceptors (Lipinski definition) is 4. The normalized spacial score (nSPS) is 18.1. The van der Waals surface area contributed by atoms with Crippen LogP contribution in [-0.4, -0.2) is 42.8 Å². The smallest absolute Gasteiger partial charge is 0.276 e. The van der Waals surface area contributed by atoms with Crippen molar-refractivity contribution in [3.05, 3.63) is 35.9 Å². The quantitative estimate of drug-likeness (QED) is 0.886. The molecule has 1 saturated heterocycles. The molecule has 0 saturated carbocycles. The fraction of sp³-hybridized carbons (Fsp3) is 0.467. The average Bonchev–Trinajstić information content (AvgIpc) is 3.15. The Morgan fingerprint density at radius 2 is 2.22 bits per heavy atom. The molecule has 0 radical (unpaired) electrons. The van der Waals surface area contributed by atoms with Crippen molar-refractivity contribution in [2.75, 3.05) is 6.54 Å². The van der Waals surface area contributed by atoms with Crippen molar-refractivity contribution in [1.29, 1.82) is 0 Å². The average molecular weight is 316 g/mol. The molecule has 3 heterocycles. The summed E-state index contributed by atoms with van der Waals surface area (Å²) in [5.41, 5.74) is 6.49. The predicted octanol–water partition coefficient (Wildman–Crippen LogP) is 0.469. The Bertz CT molecular complexity index is 719. The van der Waals surface area contributed by atoms with Crippen LogP contribution in [0.1, 0.15) is 41.5 Å². The van der Waals surface area contributed by atoms with Gasteiger partial charge in [0.2, 0.25) is 5.91 Å². The van der Waals surface area contributed by atoms with Crippen molar-refractivity contribution in [1.82, 2.24) is 24.5 Å². The first kappa shape index (κ1) is 15.3. The van der Waals surface area contributed by atoms with E-state index < -0.39 is 5.91 Å². The number of rotatable bonds is 4. The maximum atomic E-state index is 12.8. The van der Waals surface area contributed by atoms with Crippen molar-refractivity contribution in [3.63, 3.8) is 0 Å². The number of carbonyl (C=O) groups is 2. The molecular weight excluding hydrogens is 296 g/mol. The molecule has 1 aliphatic heterocycles. The number of aryl methyl sites for hydroxylation is 1. The molecule has 1 atom stereocenters. The molecule has 2 amide bonds. The summed E-state index contributed by atoms with van der Waals surface area (Å²) in [5.74, 6) is -0.680. The van der Waals surface area contributed by atoms with Gasteiger partial charge < -0.3 is 15.2 Å². The number of piperidine rings is 1. The van der Waals surface area contributed by atoms with E-state index in [2.05, 4.69) is 10.3 Å². The SMILES string of the molecule is Cn1cccc1C1CCCCN1C(=O)c1cn(CC(N)=O)nn1. The number of carbonyl (C=O) groups excluding carboxylic acids is 2. The Morgan fingerprint density at radius 1 is 1.39 bits per heavy atom. The van der Waals surface area contributed by atoms with Crippen molar-refractivity contribution >= 4 is 11.8 Å². The van der Waals surface area contributed by atoms with Gasteiger partial charge in [0.1, 0.15) is 6.54 Å². The van der Waals surface area contributed by atoms with Gasteiger partial charge in [-0.05, 0) is 31.4 Å². The second kappa shape index (κ2) is 6.23. The van der Waals surface area contributed by atoms with Crippen molar-refractivity contribution in [2.45, 2.75) is 31.8 Å². The fourth-order valence-electron chi connectivity index (χ4n) is 3.08. The van der Waals surface area contributed by atoms with Gasteiger partial charge in [-0.25, -0.2) is 4.68 Å². The summed E-state index contributed by atoms with van der Waals surface area (Å²) in [4.78, 5) is 25.6. The van der Waals surface area contributed by atoms with E-state index in [1.54, 1.807) is 0 Å². The monoisotopic (exact) mass is 316 g/mol. The summed E-state index contributed by atoms with van der Waals surface area (Å²) in [7, 11) is 1.98. The highest BCUT2D eigenvalue weighted by molar-refractivity contribution is 5.92. The summed E-state index contributed by atoms with van der Waals surface area (Å²) in [6.07, 6.45) is 6.45. The van der Waals surface area contributed by atoms with E-state index in [9.17, 15) is 9.59 Å². The van der Waals surface area contributed by atoms with E-state index >= 15 is 0 Å². The van der Waals surface area contributed by atoms with Gasteiger partial charge in [0.25, 0.3) is 5.91 Å². The predicted molar refractivity (Wildman–Crippen MR) is 82.3 cm³/mol. The molecule has 1 aliphatic rings. The molecule has 2 N–H and O–H groups in total. The van der Waals surface area contributed by atoms with Crippen LogP contribution in [0.2, 0.25) is 0 Å². The Kier molecular flexibility index (Phi) is 4.14. The van der Waals surface area contributed by atoms with Crippen LogP contribution in [-0.2, 0) is 18.4 Å². The highest BCUT2D eigenvalue weighted by Gasteiger charge is 2.31. The maximum absolute atomic E-state index is 12.8. The first-order valence-electron chi connectivity index (χ1n) is 7.67. The lowest BCUT2D eigenvalue weighted by Gasteiger charge is -2.35. The highest BCUT2D eigenvalue weighted by atomic mass is 16.2. The van der Waals surface area contributed by atoms with Crippen LogP contribution in [0.3, 0.4) is 0 Å². The van der Waals surface area contributed by atoms with Crippen LogP contribution >= 0.6 is 0 Å². The van der Waals surface area contributed by atoms with Crippen molar-refractivity contribution in [2.24, 2.45) is 12.8 Å². The van der Waals surface area contributed by atoms with Gasteiger partial charge in [0, 0.05) is 25.5 Å². The zero-order chi connectivity index (χ0) is 16.4. The van der Waals surface area contributed by atoms with Crippen LogP contribution in [0, 0.1) is 0 Å². The fourth-order valence-corrected chi connectivity index (χ4v) is 3.08. The Morgan fingerprint density at radius 3 is 2.91 bits per heavy atom. The van der Waals surface area contributed by atoms with E-state index in [1.807, 2.05) is 34.8 Å². The van der Waals surface area contributed by atoms with Crippen molar-refractivity contribution < 1.29 is 9.59 Å². The van der Waals surface area contributed by atoms with Crippen LogP contribution in [0.4, 0.5) is 0 Å². The van der Waals surface area contributed by atoms with E-state index in [1.165, 1.54) is 10.9 Å². The lowest BCUT2D eigenvalue weighted by molar-refractivity contribution is -0.118. The van der Waals surface area contributed by atoms with Gasteiger partial charge in [-0.1, -0.05) is 5.21 Å². The zero-order valence-corrected chi connectivity index (χ0v) is 13.1. The van der Waals surface area contributed by atoms with Gasteiger partial charge >= 0.3 is 0 Å². The summed E-state index contributed by atoms with van der Waals surface area (Å²) in [6, 6.07) is 4.06. The first-order valence-corrected chi connectivity index (χ1v) is 7.67. The minimum Gasteiger partial charge on any atom is -0.368 e. The van der Waals surface area contributed by atoms with Crippen LogP contribution in [0.15, 0.2) is 24.5 Å². The second-order valence-electron chi connectivity index (χ2n) is 5.82. The number of hydrogen-bond donors (Lipinski definition) is 1. The minimum absolute atomic E-state index is 0.0394. The molecule has 1 unspecified atom stereocenters. The number of nitrogens with two attached hydrogens (primary N) is 1. The Balaban J connectivity index is 1.83. The third kappa shape index (κ3) is 3.10. The van der Waals surface area contributed by atoms with Gasteiger partial charge in [0.15, 0.2) is 5.69 Å². The van der Waals surface area contributed by atoms with Crippen LogP contribution in [0.5, 0.6) is 0 Å². The van der Waals surface area contributed by atoms with Crippen LogP contribution in [0.25, 0.3) is 0 Å². The molecule has 2 aromatic heterocycles. The van der Waals surface area contributed by atoms with E-state index in [-0.39, 0.29) is 24.2 Å². The summed E-state index contributed by atoms with van der Waals surface area (Å²) in [5, 5.41) is 7.68. The van der Waals surface area contributed by atoms with E-state index in [0.29, 0.717) is 6.54 Å². The van der Waals surface area contributed by atoms with E-state index in [0.717, 1.165) is 25.0 Å². The molecule has 2 aromatic rings. The summed E-state index contributed by atoms with van der Waals surface area (Å²) < 4.78 is 3.33. The molecule has 8 heteroatoms. The van der Waals surface area contributed by atoms with E-state index in [4.69, 9.17) is 5.73 Å². The van der Waals surface area contributed by atoms with Crippen molar-refractivity contribution in [3.8, 4) is 0 Å². The van der Waals surface area contributed by atoms with Gasteiger partial charge in [-0.3, -0.25) is 9.59 Å². The maximum Gasteiger partial charge on any atom is 0.276 e. The number of aromatic nitrogens is 4. The second-order valence-corrected chi connectivity index (χ2v) is 5.82. The van der Waals surface area contributed by atoms with Crippen LogP contribution < -0.4 is 5.73 Å². The largest absolute Gasteiger partial charge is 0.368 e. The molecule has 3 rings (SSSR count). The first-order chi connectivity index (χ1) is 11.1. The molecule has 122 valence electrons. The minimum atomic E-state index is -0.520. The third-order valence-electron chi connectivity index (χ3n) is 4.16. The Hall–Kier alpha value is -2.64. The molecule has 1 fully saturated rings. The molecule has 23 heavy (non-hydrogen) atoms. The van der Waals surface area contributed by atoms with Gasteiger partial charge in [0.05, 0.1) is 12.2 Å². The lowest BCUT2D eigenvalue weighted by Crippen LogP contribution is -2.39. The molecule has 8 nitrogen and oxygen atoms in total. The number of amides is 2. The number of primary amides is 1. The molecule has 0 bridgehead atoms. The molecule has 0 spiro atoms.